The smallest absolute Gasteiger partial charge is 0.348 e. The Morgan fingerprint density at radius 3 is 2.02 bits per heavy atom. The van der Waals surface area contributed by atoms with Crippen LogP contribution in [-0.4, -0.2) is 22.4 Å². The van der Waals surface area contributed by atoms with Crippen LogP contribution in [0.25, 0.3) is 22.5 Å². The monoisotopic (exact) mass is 808 g/mol. The first-order chi connectivity index (χ1) is 22.4. The minimum absolute atomic E-state index is 0. The van der Waals surface area contributed by atoms with E-state index in [0.717, 1.165) is 16.7 Å². The van der Waals surface area contributed by atoms with Crippen molar-refractivity contribution in [1.82, 2.24) is 14.3 Å². The van der Waals surface area contributed by atoms with Gasteiger partial charge in [-0.1, -0.05) is 121 Å². The summed E-state index contributed by atoms with van der Waals surface area (Å²) in [6.45, 7) is 20.9. The zero-order valence-corrected chi connectivity index (χ0v) is 32.2. The Balaban J connectivity index is 0.000000188. The van der Waals surface area contributed by atoms with Crippen LogP contribution in [0.5, 0.6) is 0 Å². The predicted octanol–water partition coefficient (Wildman–Crippen LogP) is 8.11. The summed E-state index contributed by atoms with van der Waals surface area (Å²) in [5.41, 5.74) is 9.15. The maximum Gasteiger partial charge on any atom is 3.00 e. The standard InChI is InChI=1S/C21H21N2.C19H27N2Si.Ir/c1-20(2)17-12-8-9-13-18(17)23-19(21(20,3)4)16(14-22-23)15-10-6-5-7-11-15;1-14(2)22(15(3)4)18-12-20(7)13-21(18)17-11-9-8-10-16(17)19(22,5)6;/h5-12,14H,1-4H3;8-10,12,14-15H,1-7H3;/q2*-1;+3/i;7D3;. The number of imidazole rings is 1. The predicted molar refractivity (Wildman–Crippen MR) is 187 cm³/mol. The van der Waals surface area contributed by atoms with E-state index in [1.807, 2.05) is 35.2 Å². The van der Waals surface area contributed by atoms with Crippen LogP contribution in [0.3, 0.4) is 0 Å². The first-order valence-electron chi connectivity index (χ1n) is 17.6. The Kier molecular flexibility index (Phi) is 7.82. The molecule has 0 amide bonds. The van der Waals surface area contributed by atoms with Gasteiger partial charge in [-0.15, -0.1) is 5.56 Å². The fraction of sp³-hybridized carbons (Fsp3) is 0.400. The normalized spacial score (nSPS) is 18.7. The largest absolute Gasteiger partial charge is 3.00 e. The first kappa shape index (κ1) is 30.3. The van der Waals surface area contributed by atoms with Crippen molar-refractivity contribution in [2.45, 2.75) is 96.2 Å². The van der Waals surface area contributed by atoms with E-state index < -0.39 is 15.0 Å². The van der Waals surface area contributed by atoms with Gasteiger partial charge in [0.05, 0.1) is 31.1 Å². The van der Waals surface area contributed by atoms with Crippen LogP contribution in [0.1, 0.15) is 90.2 Å². The molecule has 0 unspecified atom stereocenters. The Bertz CT molecular complexity index is 1950. The number of fused-ring (bicyclic) bond motifs is 6. The van der Waals surface area contributed by atoms with Gasteiger partial charge in [0.2, 0.25) is 6.33 Å². The zero-order chi connectivity index (χ0) is 35.0. The molecule has 4 nitrogen and oxygen atoms in total. The summed E-state index contributed by atoms with van der Waals surface area (Å²) < 4.78 is 28.9. The number of hydrogen-bond acceptors (Lipinski definition) is 1. The van der Waals surface area contributed by atoms with Crippen LogP contribution < -0.4 is 9.88 Å². The summed E-state index contributed by atoms with van der Waals surface area (Å²) >= 11 is 0. The molecule has 0 spiro atoms. The number of benzene rings is 3. The third-order valence-electron chi connectivity index (χ3n) is 11.4. The van der Waals surface area contributed by atoms with Crippen molar-refractivity contribution in [1.29, 1.82) is 0 Å². The second kappa shape index (κ2) is 11.9. The maximum atomic E-state index is 7.84. The fourth-order valence-corrected chi connectivity index (χ4v) is 16.4. The molecule has 0 aliphatic carbocycles. The van der Waals surface area contributed by atoms with Crippen molar-refractivity contribution in [2.75, 3.05) is 0 Å². The Hall–Kier alpha value is -3.05. The van der Waals surface area contributed by atoms with Gasteiger partial charge < -0.3 is 9.13 Å². The van der Waals surface area contributed by atoms with Crippen molar-refractivity contribution in [3.63, 3.8) is 0 Å². The molecule has 0 saturated carbocycles. The number of rotatable bonds is 3. The molecule has 0 saturated heterocycles. The van der Waals surface area contributed by atoms with E-state index in [1.165, 1.54) is 32.5 Å². The molecule has 4 heterocycles. The van der Waals surface area contributed by atoms with Gasteiger partial charge in [0.25, 0.3) is 0 Å². The second-order valence-electron chi connectivity index (χ2n) is 14.9. The van der Waals surface area contributed by atoms with Crippen molar-refractivity contribution in [2.24, 2.45) is 6.98 Å². The minimum atomic E-state index is -2.22. The molecule has 0 atom stereocenters. The number of hydrogen-bond donors (Lipinski definition) is 0. The Labute approximate surface area is 295 Å². The van der Waals surface area contributed by atoms with E-state index in [0.29, 0.717) is 11.1 Å². The molecule has 5 aromatic rings. The molecule has 0 bridgehead atoms. The van der Waals surface area contributed by atoms with Gasteiger partial charge in [-0.25, -0.2) is 0 Å². The average Bonchev–Trinajstić information content (AvgIpc) is 3.68. The van der Waals surface area contributed by atoms with E-state index in [1.54, 1.807) is 0 Å². The quantitative estimate of drug-likeness (QED) is 0.103. The summed E-state index contributed by atoms with van der Waals surface area (Å²) in [4.78, 5) is 0. The Morgan fingerprint density at radius 2 is 1.41 bits per heavy atom. The SMILES string of the molecule is CC1(C)c2ccc[c-]c2-n2ncc(-c3ccccc3)c2C1(C)C.[2H]C([2H])([2H])[n+]1[c-]n2c(c1)[Si](C(C)C)(C(C)C)C(C)(C)c1ccc[c-]c1-2.[Ir+3]. The van der Waals surface area contributed by atoms with Gasteiger partial charge in [0, 0.05) is 22.5 Å². The molecule has 240 valence electrons. The van der Waals surface area contributed by atoms with E-state index >= 15 is 0 Å². The zero-order valence-electron chi connectivity index (χ0n) is 31.8. The van der Waals surface area contributed by atoms with Crippen molar-refractivity contribution >= 4 is 13.4 Å². The van der Waals surface area contributed by atoms with Crippen molar-refractivity contribution < 1.29 is 28.8 Å². The number of aryl methyl sites for hydroxylation is 1. The molecule has 2 aromatic heterocycles. The first-order valence-corrected chi connectivity index (χ1v) is 18.3. The Morgan fingerprint density at radius 1 is 0.804 bits per heavy atom. The second-order valence-corrected chi connectivity index (χ2v) is 20.7. The molecule has 46 heavy (non-hydrogen) atoms. The van der Waals surface area contributed by atoms with E-state index in [9.17, 15) is 0 Å². The van der Waals surface area contributed by atoms with Gasteiger partial charge in [0.1, 0.15) is 0 Å². The van der Waals surface area contributed by atoms with Crippen LogP contribution >= 0.6 is 0 Å². The molecule has 0 N–H and O–H groups in total. The van der Waals surface area contributed by atoms with Gasteiger partial charge >= 0.3 is 20.1 Å². The topological polar surface area (TPSA) is 26.6 Å². The number of nitrogens with zero attached hydrogens (tertiary/aromatic N) is 4. The third-order valence-corrected chi connectivity index (χ3v) is 18.6. The van der Waals surface area contributed by atoms with Gasteiger partial charge in [-0.2, -0.15) is 59.2 Å². The molecule has 6 heteroatoms. The summed E-state index contributed by atoms with van der Waals surface area (Å²) in [7, 11) is -2.15. The van der Waals surface area contributed by atoms with E-state index in [2.05, 4.69) is 141 Å². The van der Waals surface area contributed by atoms with Crippen LogP contribution in [-0.2, 0) is 42.9 Å². The molecular formula is C40H48IrN4Si+. The van der Waals surface area contributed by atoms with Crippen LogP contribution in [0.2, 0.25) is 11.1 Å². The molecule has 7 rings (SSSR count). The summed E-state index contributed by atoms with van der Waals surface area (Å²) in [5.74, 6) is 0. The summed E-state index contributed by atoms with van der Waals surface area (Å²) in [6, 6.07) is 29.6. The average molecular weight is 808 g/mol. The fourth-order valence-electron chi connectivity index (χ4n) is 8.88. The van der Waals surface area contributed by atoms with E-state index in [-0.39, 0.29) is 36.0 Å². The molecule has 2 aliphatic heterocycles. The third kappa shape index (κ3) is 4.70. The van der Waals surface area contributed by atoms with E-state index in [4.69, 9.17) is 9.21 Å². The summed E-state index contributed by atoms with van der Waals surface area (Å²) in [5, 5.41) is 5.84. The maximum absolute atomic E-state index is 7.84. The molecule has 0 radical (unpaired) electrons. The van der Waals surface area contributed by atoms with Gasteiger partial charge in [-0.3, -0.25) is 4.68 Å². The molecular weight excluding hydrogens is 757 g/mol. The van der Waals surface area contributed by atoms with Crippen LogP contribution in [0.4, 0.5) is 0 Å². The van der Waals surface area contributed by atoms with Crippen molar-refractivity contribution in [3.8, 4) is 22.5 Å². The van der Waals surface area contributed by atoms with Gasteiger partial charge in [0.15, 0.2) is 0 Å². The van der Waals surface area contributed by atoms with Crippen LogP contribution in [0.15, 0.2) is 79.1 Å². The minimum Gasteiger partial charge on any atom is -0.348 e. The molecule has 3 aromatic carbocycles. The molecule has 0 fully saturated rings. The molecule has 2 aliphatic rings. The van der Waals surface area contributed by atoms with Gasteiger partial charge in [-0.05, 0) is 16.7 Å². The number of aromatic nitrogens is 4. The van der Waals surface area contributed by atoms with Crippen molar-refractivity contribution in [3.05, 3.63) is 114 Å². The number of para-hydroxylation sites is 2. The summed E-state index contributed by atoms with van der Waals surface area (Å²) in [6.07, 6.45) is 6.94. The van der Waals surface area contributed by atoms with Crippen LogP contribution in [0, 0.1) is 18.5 Å².